The Kier molecular flexibility index (Phi) is 5.41. The summed E-state index contributed by atoms with van der Waals surface area (Å²) in [6.45, 7) is 3.83. The quantitative estimate of drug-likeness (QED) is 0.865. The lowest BCUT2D eigenvalue weighted by molar-refractivity contribution is -0.120. The van der Waals surface area contributed by atoms with Crippen LogP contribution < -0.4 is 11.1 Å². The summed E-state index contributed by atoms with van der Waals surface area (Å²) < 4.78 is 23.7. The Morgan fingerprint density at radius 3 is 2.46 bits per heavy atom. The summed E-state index contributed by atoms with van der Waals surface area (Å²) in [7, 11) is -3.33. The third kappa shape index (κ3) is 4.21. The molecule has 0 aromatic heterocycles. The van der Waals surface area contributed by atoms with Crippen molar-refractivity contribution in [2.24, 2.45) is 5.73 Å². The molecule has 6 heteroatoms. The molecule has 0 aliphatic rings. The van der Waals surface area contributed by atoms with Gasteiger partial charge in [-0.25, -0.2) is 8.42 Å². The molecule has 0 bridgehead atoms. The molecule has 3 N–H and O–H groups in total. The molecule has 0 radical (unpaired) electrons. The molecule has 5 nitrogen and oxygen atoms in total. The topological polar surface area (TPSA) is 89.3 Å². The van der Waals surface area contributed by atoms with Crippen LogP contribution >= 0.6 is 0 Å². The predicted molar refractivity (Wildman–Crippen MR) is 94.5 cm³/mol. The smallest absolute Gasteiger partial charge is 0.234 e. The van der Waals surface area contributed by atoms with Gasteiger partial charge < -0.3 is 11.1 Å². The molecule has 1 atom stereocenters. The van der Waals surface area contributed by atoms with Crippen LogP contribution in [0.4, 0.5) is 0 Å². The Hall–Kier alpha value is -2.18. The highest BCUT2D eigenvalue weighted by Gasteiger charge is 2.20. The van der Waals surface area contributed by atoms with Crippen LogP contribution in [0, 0.1) is 13.8 Å². The average Bonchev–Trinajstić information content (AvgIpc) is 2.52. The monoisotopic (exact) mass is 346 g/mol. The van der Waals surface area contributed by atoms with E-state index >= 15 is 0 Å². The molecule has 0 fully saturated rings. The van der Waals surface area contributed by atoms with Gasteiger partial charge in [-0.05, 0) is 42.7 Å². The zero-order valence-electron chi connectivity index (χ0n) is 14.0. The highest BCUT2D eigenvalue weighted by atomic mass is 32.2. The molecule has 0 heterocycles. The predicted octanol–water partition coefficient (Wildman–Crippen LogP) is 1.87. The van der Waals surface area contributed by atoms with Crippen LogP contribution in [0.2, 0.25) is 0 Å². The highest BCUT2D eigenvalue weighted by Crippen LogP contribution is 2.27. The first-order valence-corrected chi connectivity index (χ1v) is 9.48. The Morgan fingerprint density at radius 2 is 1.88 bits per heavy atom. The molecule has 2 rings (SSSR count). The van der Waals surface area contributed by atoms with E-state index in [4.69, 9.17) is 5.73 Å². The van der Waals surface area contributed by atoms with Crippen molar-refractivity contribution in [2.45, 2.75) is 24.8 Å². The summed E-state index contributed by atoms with van der Waals surface area (Å²) in [6.07, 6.45) is 1.16. The van der Waals surface area contributed by atoms with Gasteiger partial charge in [0.05, 0.1) is 17.5 Å². The van der Waals surface area contributed by atoms with Gasteiger partial charge in [0, 0.05) is 6.26 Å². The van der Waals surface area contributed by atoms with Gasteiger partial charge in [0.1, 0.15) is 0 Å². The molecular formula is C18H22N2O3S. The molecule has 0 aliphatic heterocycles. The zero-order valence-corrected chi connectivity index (χ0v) is 14.9. The molecular weight excluding hydrogens is 324 g/mol. The van der Waals surface area contributed by atoms with Crippen molar-refractivity contribution >= 4 is 15.7 Å². The van der Waals surface area contributed by atoms with Crippen molar-refractivity contribution in [3.05, 3.63) is 64.7 Å². The van der Waals surface area contributed by atoms with Crippen molar-refractivity contribution in [1.82, 2.24) is 5.32 Å². The Morgan fingerprint density at radius 1 is 1.17 bits per heavy atom. The summed E-state index contributed by atoms with van der Waals surface area (Å²) in [5, 5.41) is 2.88. The molecule has 0 aliphatic carbocycles. The van der Waals surface area contributed by atoms with E-state index in [-0.39, 0.29) is 17.3 Å². The average molecular weight is 346 g/mol. The minimum Gasteiger partial charge on any atom is -0.344 e. The molecule has 24 heavy (non-hydrogen) atoms. The van der Waals surface area contributed by atoms with Gasteiger partial charge in [-0.15, -0.1) is 0 Å². The van der Waals surface area contributed by atoms with Crippen LogP contribution in [0.5, 0.6) is 0 Å². The first-order chi connectivity index (χ1) is 11.2. The van der Waals surface area contributed by atoms with Crippen molar-refractivity contribution in [3.63, 3.8) is 0 Å². The number of carbonyl (C=O) groups excluding carboxylic acids is 1. The fourth-order valence-corrected chi connectivity index (χ4v) is 3.31. The summed E-state index contributed by atoms with van der Waals surface area (Å²) in [5.74, 6) is -0.301. The molecule has 2 aromatic carbocycles. The minimum absolute atomic E-state index is 0.132. The third-order valence-corrected chi connectivity index (χ3v) is 4.96. The molecule has 0 spiro atoms. The lowest BCUT2D eigenvalue weighted by atomic mass is 9.93. The molecule has 128 valence electrons. The van der Waals surface area contributed by atoms with Gasteiger partial charge in [-0.1, -0.05) is 35.9 Å². The summed E-state index contributed by atoms with van der Waals surface area (Å²) in [5.41, 5.74) is 9.17. The second kappa shape index (κ2) is 7.15. The largest absolute Gasteiger partial charge is 0.344 e. The van der Waals surface area contributed by atoms with E-state index in [1.54, 1.807) is 24.3 Å². The molecule has 0 saturated heterocycles. The third-order valence-electron chi connectivity index (χ3n) is 3.85. The van der Waals surface area contributed by atoms with Crippen LogP contribution in [0.25, 0.3) is 0 Å². The number of sulfone groups is 1. The zero-order chi connectivity index (χ0) is 17.9. The van der Waals surface area contributed by atoms with E-state index in [1.807, 2.05) is 32.0 Å². The summed E-state index contributed by atoms with van der Waals surface area (Å²) >= 11 is 0. The Labute approximate surface area is 142 Å². The maximum absolute atomic E-state index is 11.9. The van der Waals surface area contributed by atoms with Gasteiger partial charge in [0.15, 0.2) is 9.84 Å². The van der Waals surface area contributed by atoms with Gasteiger partial charge in [-0.2, -0.15) is 0 Å². The number of nitrogens with two attached hydrogens (primary N) is 1. The molecule has 2 aromatic rings. The van der Waals surface area contributed by atoms with Crippen molar-refractivity contribution in [3.8, 4) is 0 Å². The van der Waals surface area contributed by atoms with Gasteiger partial charge in [-0.3, -0.25) is 4.79 Å². The SMILES string of the molecule is Cc1ccc(C(NC(=O)CN)c2cccc(S(C)(=O)=O)c2)c(C)c1. The first-order valence-electron chi connectivity index (χ1n) is 7.59. The van der Waals surface area contributed by atoms with Crippen LogP contribution in [0.3, 0.4) is 0 Å². The van der Waals surface area contributed by atoms with Gasteiger partial charge in [0.25, 0.3) is 0 Å². The highest BCUT2D eigenvalue weighted by molar-refractivity contribution is 7.90. The number of benzene rings is 2. The van der Waals surface area contributed by atoms with E-state index in [9.17, 15) is 13.2 Å². The number of hydrogen-bond acceptors (Lipinski definition) is 4. The maximum Gasteiger partial charge on any atom is 0.234 e. The van der Waals surface area contributed by atoms with E-state index in [2.05, 4.69) is 5.32 Å². The summed E-state index contributed by atoms with van der Waals surface area (Å²) in [4.78, 5) is 12.1. The number of aryl methyl sites for hydroxylation is 2. The normalized spacial score (nSPS) is 12.7. The first kappa shape index (κ1) is 18.2. The Balaban J connectivity index is 2.57. The maximum atomic E-state index is 11.9. The lowest BCUT2D eigenvalue weighted by Gasteiger charge is -2.22. The number of carbonyl (C=O) groups is 1. The van der Waals surface area contributed by atoms with Gasteiger partial charge in [0.2, 0.25) is 5.91 Å². The van der Waals surface area contributed by atoms with Crippen LogP contribution in [0.15, 0.2) is 47.4 Å². The molecule has 1 amide bonds. The fourth-order valence-electron chi connectivity index (χ4n) is 2.63. The van der Waals surface area contributed by atoms with E-state index < -0.39 is 15.9 Å². The molecule has 0 saturated carbocycles. The van der Waals surface area contributed by atoms with Crippen molar-refractivity contribution in [1.29, 1.82) is 0 Å². The van der Waals surface area contributed by atoms with E-state index in [0.717, 1.165) is 22.9 Å². The van der Waals surface area contributed by atoms with Crippen molar-refractivity contribution < 1.29 is 13.2 Å². The number of hydrogen-bond donors (Lipinski definition) is 2. The van der Waals surface area contributed by atoms with Gasteiger partial charge >= 0.3 is 0 Å². The van der Waals surface area contributed by atoms with Crippen molar-refractivity contribution in [2.75, 3.05) is 12.8 Å². The van der Waals surface area contributed by atoms with Crippen LogP contribution in [0.1, 0.15) is 28.3 Å². The van der Waals surface area contributed by atoms with Crippen LogP contribution in [-0.4, -0.2) is 27.1 Å². The Bertz CT molecular complexity index is 860. The number of rotatable bonds is 5. The lowest BCUT2D eigenvalue weighted by Crippen LogP contribution is -2.34. The summed E-state index contributed by atoms with van der Waals surface area (Å²) in [6, 6.07) is 12.1. The number of nitrogens with one attached hydrogen (secondary N) is 1. The minimum atomic E-state index is -3.33. The number of amides is 1. The van der Waals surface area contributed by atoms with Crippen LogP contribution in [-0.2, 0) is 14.6 Å². The standard InChI is InChI=1S/C18H22N2O3S/c1-12-7-8-16(13(2)9-12)18(20-17(21)11-19)14-5-4-6-15(10-14)24(3,22)23/h4-10,18H,11,19H2,1-3H3,(H,20,21). The second-order valence-corrected chi connectivity index (χ2v) is 7.93. The molecule has 1 unspecified atom stereocenters. The van der Waals surface area contributed by atoms with E-state index in [0.29, 0.717) is 5.56 Å². The fraction of sp³-hybridized carbons (Fsp3) is 0.278. The second-order valence-electron chi connectivity index (χ2n) is 5.91. The van der Waals surface area contributed by atoms with E-state index in [1.165, 1.54) is 0 Å².